The average Bonchev–Trinajstić information content (AvgIpc) is 3.50. The first kappa shape index (κ1) is 72.5. The van der Waals surface area contributed by atoms with Gasteiger partial charge in [-0.3, -0.25) is 4.79 Å². The monoisotopic (exact) mass is 1150 g/mol. The summed E-state index contributed by atoms with van der Waals surface area (Å²) in [7, 11) is 0. The molecule has 0 radical (unpaired) electrons. The van der Waals surface area contributed by atoms with E-state index in [1.807, 2.05) is 6.08 Å². The van der Waals surface area contributed by atoms with Gasteiger partial charge >= 0.3 is 0 Å². The highest BCUT2D eigenvalue weighted by Gasteiger charge is 2.53. The quantitative estimate of drug-likeness (QED) is 0.0234. The Labute approximate surface area is 479 Å². The molecule has 19 heteroatoms. The van der Waals surface area contributed by atoms with Crippen molar-refractivity contribution in [2.75, 3.05) is 26.4 Å². The number of aliphatic hydroxyl groups excluding tert-OH is 11. The molecular formula is C61H113NO18. The summed E-state index contributed by atoms with van der Waals surface area (Å²) in [6, 6.07) is -0.972. The van der Waals surface area contributed by atoms with Crippen molar-refractivity contribution >= 4 is 5.91 Å². The second kappa shape index (κ2) is 44.7. The zero-order chi connectivity index (χ0) is 58.3. The standard InChI is InChI=1S/C61H113NO18/c1-3-5-7-9-11-13-15-17-19-21-23-25-27-29-31-33-35-37-39-49(67)62-44(45(66)38-36-34-32-30-28-26-24-22-20-18-16-14-12-10-8-6-4-2)43-75-59-55(73)52(70)57(47(41-64)77-59)80-61-56(74)53(71)58(48(42-65)78-61)79-60-54(72)51(69)50(68)46(40-63)76-60/h19,21,36,38,44-48,50-61,63-66,68-74H,3-18,20,22-35,37,39-43H2,1-2H3,(H,62,67)/b21-19-,38-36+. The molecule has 470 valence electrons. The summed E-state index contributed by atoms with van der Waals surface area (Å²) >= 11 is 0. The van der Waals surface area contributed by atoms with Gasteiger partial charge in [-0.2, -0.15) is 0 Å². The van der Waals surface area contributed by atoms with E-state index in [1.165, 1.54) is 141 Å². The Morgan fingerprint density at radius 3 is 1.21 bits per heavy atom. The fourth-order valence-corrected chi connectivity index (χ4v) is 10.8. The molecule has 3 aliphatic heterocycles. The number of aliphatic hydroxyl groups is 11. The molecule has 12 N–H and O–H groups in total. The van der Waals surface area contributed by atoms with Crippen LogP contribution in [0.4, 0.5) is 0 Å². The minimum absolute atomic E-state index is 0.240. The van der Waals surface area contributed by atoms with Crippen LogP contribution in [0, 0.1) is 0 Å². The first-order chi connectivity index (χ1) is 38.8. The van der Waals surface area contributed by atoms with Crippen LogP contribution in [-0.4, -0.2) is 193 Å². The summed E-state index contributed by atoms with van der Waals surface area (Å²) in [5, 5.41) is 120. The molecule has 17 atom stereocenters. The van der Waals surface area contributed by atoms with E-state index in [-0.39, 0.29) is 18.9 Å². The first-order valence-electron chi connectivity index (χ1n) is 31.6. The van der Waals surface area contributed by atoms with E-state index in [4.69, 9.17) is 28.4 Å². The highest BCUT2D eigenvalue weighted by Crippen LogP contribution is 2.33. The number of hydrogen-bond donors (Lipinski definition) is 12. The van der Waals surface area contributed by atoms with Gasteiger partial charge in [-0.05, 0) is 44.9 Å². The Hall–Kier alpha value is -1.73. The number of nitrogens with one attached hydrogen (secondary N) is 1. The molecule has 0 aromatic carbocycles. The van der Waals surface area contributed by atoms with Crippen molar-refractivity contribution < 1.29 is 89.4 Å². The molecular weight excluding hydrogens is 1030 g/mol. The Kier molecular flexibility index (Phi) is 40.5. The number of hydrogen-bond acceptors (Lipinski definition) is 18. The molecule has 0 aliphatic carbocycles. The number of unbranched alkanes of at least 4 members (excludes halogenated alkanes) is 29. The zero-order valence-corrected chi connectivity index (χ0v) is 49.1. The Bertz CT molecular complexity index is 1560. The Morgan fingerprint density at radius 1 is 0.438 bits per heavy atom. The van der Waals surface area contributed by atoms with E-state index in [2.05, 4.69) is 31.3 Å². The second-order valence-electron chi connectivity index (χ2n) is 22.9. The maximum atomic E-state index is 13.3. The number of ether oxygens (including phenoxy) is 6. The number of carbonyl (C=O) groups is 1. The Balaban J connectivity index is 1.49. The molecule has 3 rings (SSSR count). The van der Waals surface area contributed by atoms with Crippen LogP contribution < -0.4 is 5.32 Å². The summed E-state index contributed by atoms with van der Waals surface area (Å²) in [6.07, 6.45) is 20.0. The highest BCUT2D eigenvalue weighted by atomic mass is 16.8. The third-order valence-electron chi connectivity index (χ3n) is 16.0. The maximum absolute atomic E-state index is 13.3. The zero-order valence-electron chi connectivity index (χ0n) is 49.1. The minimum Gasteiger partial charge on any atom is -0.394 e. The third-order valence-corrected chi connectivity index (χ3v) is 16.0. The average molecular weight is 1150 g/mol. The van der Waals surface area contributed by atoms with E-state index in [1.54, 1.807) is 6.08 Å². The van der Waals surface area contributed by atoms with Gasteiger partial charge < -0.3 is 89.9 Å². The van der Waals surface area contributed by atoms with Crippen molar-refractivity contribution in [1.29, 1.82) is 0 Å². The van der Waals surface area contributed by atoms with Gasteiger partial charge in [-0.15, -0.1) is 0 Å². The molecule has 3 saturated heterocycles. The first-order valence-corrected chi connectivity index (χ1v) is 31.6. The lowest BCUT2D eigenvalue weighted by Gasteiger charge is -2.48. The van der Waals surface area contributed by atoms with Crippen LogP contribution in [0.25, 0.3) is 0 Å². The van der Waals surface area contributed by atoms with Gasteiger partial charge in [0.05, 0.1) is 38.6 Å². The van der Waals surface area contributed by atoms with E-state index < -0.39 is 124 Å². The molecule has 19 nitrogen and oxygen atoms in total. The molecule has 0 aromatic heterocycles. The molecule has 3 heterocycles. The molecule has 0 spiro atoms. The van der Waals surface area contributed by atoms with E-state index in [0.29, 0.717) is 6.42 Å². The smallest absolute Gasteiger partial charge is 0.220 e. The lowest BCUT2D eigenvalue weighted by molar-refractivity contribution is -0.379. The summed E-state index contributed by atoms with van der Waals surface area (Å²) in [5.74, 6) is -0.279. The molecule has 3 aliphatic rings. The lowest BCUT2D eigenvalue weighted by Crippen LogP contribution is -2.66. The largest absolute Gasteiger partial charge is 0.394 e. The predicted octanol–water partition coefficient (Wildman–Crippen LogP) is 6.32. The predicted molar refractivity (Wildman–Crippen MR) is 305 cm³/mol. The highest BCUT2D eigenvalue weighted by molar-refractivity contribution is 5.76. The summed E-state index contributed by atoms with van der Waals surface area (Å²) < 4.78 is 34.3. The van der Waals surface area contributed by atoms with E-state index in [9.17, 15) is 61.0 Å². The van der Waals surface area contributed by atoms with Crippen molar-refractivity contribution in [3.8, 4) is 0 Å². The van der Waals surface area contributed by atoms with Crippen LogP contribution in [0.3, 0.4) is 0 Å². The van der Waals surface area contributed by atoms with Crippen molar-refractivity contribution in [2.24, 2.45) is 0 Å². The number of allylic oxidation sites excluding steroid dienone is 3. The van der Waals surface area contributed by atoms with Crippen molar-refractivity contribution in [2.45, 2.75) is 330 Å². The topological polar surface area (TPSA) is 307 Å². The van der Waals surface area contributed by atoms with Gasteiger partial charge in [0.1, 0.15) is 73.2 Å². The normalized spacial score (nSPS) is 30.1. The number of amides is 1. The number of rotatable bonds is 47. The SMILES string of the molecule is CCCCCCCCC/C=C\CCCCCCCCCC(=O)NC(COC1OC(CO)C(OC2OC(CO)C(OC3OC(CO)C(O)C(O)C3O)C(O)C2O)C(O)C1O)C(O)/C=C/CCCCCCCCCCCCCCCCC. The van der Waals surface area contributed by atoms with Crippen molar-refractivity contribution in [3.05, 3.63) is 24.3 Å². The minimum atomic E-state index is -1.98. The van der Waals surface area contributed by atoms with Crippen LogP contribution >= 0.6 is 0 Å². The van der Waals surface area contributed by atoms with Gasteiger partial charge in [0.2, 0.25) is 5.91 Å². The van der Waals surface area contributed by atoms with Gasteiger partial charge in [0.15, 0.2) is 18.9 Å². The van der Waals surface area contributed by atoms with Crippen LogP contribution in [0.2, 0.25) is 0 Å². The maximum Gasteiger partial charge on any atom is 0.220 e. The van der Waals surface area contributed by atoms with Crippen molar-refractivity contribution in [3.63, 3.8) is 0 Å². The van der Waals surface area contributed by atoms with E-state index in [0.717, 1.165) is 57.8 Å². The summed E-state index contributed by atoms with van der Waals surface area (Å²) in [5.41, 5.74) is 0. The van der Waals surface area contributed by atoms with Gasteiger partial charge in [-0.25, -0.2) is 0 Å². The fraction of sp³-hybridized carbons (Fsp3) is 0.918. The molecule has 80 heavy (non-hydrogen) atoms. The van der Waals surface area contributed by atoms with Gasteiger partial charge in [0.25, 0.3) is 0 Å². The van der Waals surface area contributed by atoms with Gasteiger partial charge in [-0.1, -0.05) is 199 Å². The molecule has 3 fully saturated rings. The lowest BCUT2D eigenvalue weighted by atomic mass is 9.96. The molecule has 0 aromatic rings. The molecule has 0 saturated carbocycles. The summed E-state index contributed by atoms with van der Waals surface area (Å²) in [6.45, 7) is 1.73. The molecule has 0 bridgehead atoms. The van der Waals surface area contributed by atoms with E-state index >= 15 is 0 Å². The number of carbonyl (C=O) groups excluding carboxylic acids is 1. The third kappa shape index (κ3) is 28.0. The van der Waals surface area contributed by atoms with Crippen LogP contribution in [-0.2, 0) is 33.2 Å². The van der Waals surface area contributed by atoms with Gasteiger partial charge in [0, 0.05) is 6.42 Å². The van der Waals surface area contributed by atoms with Crippen LogP contribution in [0.1, 0.15) is 226 Å². The Morgan fingerprint density at radius 2 is 0.787 bits per heavy atom. The summed E-state index contributed by atoms with van der Waals surface area (Å²) in [4.78, 5) is 13.3. The molecule has 1 amide bonds. The van der Waals surface area contributed by atoms with Crippen LogP contribution in [0.5, 0.6) is 0 Å². The second-order valence-corrected chi connectivity index (χ2v) is 22.9. The van der Waals surface area contributed by atoms with Crippen LogP contribution in [0.15, 0.2) is 24.3 Å². The van der Waals surface area contributed by atoms with Crippen molar-refractivity contribution in [1.82, 2.24) is 5.32 Å². The fourth-order valence-electron chi connectivity index (χ4n) is 10.8. The molecule has 17 unspecified atom stereocenters.